The number of hydrogen-bond donors (Lipinski definition) is 1. The standard InChI is InChI=1S/C20H15FN4O3S/c1-24-18(27)15-6-5-13(10-16(15)19(24)28)23-17(26)11-29-20-22-7-8-25(20)14-4-2-3-12(21)9-14/h2-10H,11H2,1H3,(H,23,26). The highest BCUT2D eigenvalue weighted by Gasteiger charge is 2.32. The molecule has 2 aromatic carbocycles. The molecule has 0 radical (unpaired) electrons. The summed E-state index contributed by atoms with van der Waals surface area (Å²) in [6.45, 7) is 0. The number of imide groups is 1. The minimum atomic E-state index is -0.396. The number of rotatable bonds is 5. The Labute approximate surface area is 169 Å². The molecule has 3 amide bonds. The topological polar surface area (TPSA) is 84.3 Å². The van der Waals surface area contributed by atoms with Gasteiger partial charge in [-0.3, -0.25) is 23.9 Å². The van der Waals surface area contributed by atoms with Crippen molar-refractivity contribution in [3.05, 3.63) is 71.8 Å². The largest absolute Gasteiger partial charge is 0.325 e. The molecule has 9 heteroatoms. The normalized spacial score (nSPS) is 13.0. The van der Waals surface area contributed by atoms with E-state index in [2.05, 4.69) is 10.3 Å². The van der Waals surface area contributed by atoms with E-state index < -0.39 is 5.91 Å². The molecule has 0 spiro atoms. The zero-order chi connectivity index (χ0) is 20.5. The first-order valence-electron chi connectivity index (χ1n) is 8.62. The fourth-order valence-electron chi connectivity index (χ4n) is 2.99. The lowest BCUT2D eigenvalue weighted by atomic mass is 10.1. The number of carbonyl (C=O) groups excluding carboxylic acids is 3. The van der Waals surface area contributed by atoms with Gasteiger partial charge in [-0.2, -0.15) is 0 Å². The monoisotopic (exact) mass is 410 g/mol. The minimum absolute atomic E-state index is 0.0657. The maximum absolute atomic E-state index is 13.5. The van der Waals surface area contributed by atoms with Crippen LogP contribution in [0.1, 0.15) is 20.7 Å². The SMILES string of the molecule is CN1C(=O)c2ccc(NC(=O)CSc3nccn3-c3cccc(F)c3)cc2C1=O. The number of aromatic nitrogens is 2. The first-order chi connectivity index (χ1) is 13.9. The number of carbonyl (C=O) groups is 3. The molecule has 1 aliphatic heterocycles. The van der Waals surface area contributed by atoms with Crippen LogP contribution >= 0.6 is 11.8 Å². The van der Waals surface area contributed by atoms with E-state index in [1.165, 1.54) is 43.1 Å². The molecule has 146 valence electrons. The number of imidazole rings is 1. The highest BCUT2D eigenvalue weighted by molar-refractivity contribution is 7.99. The van der Waals surface area contributed by atoms with Gasteiger partial charge < -0.3 is 5.32 Å². The van der Waals surface area contributed by atoms with Crippen molar-refractivity contribution >= 4 is 35.2 Å². The van der Waals surface area contributed by atoms with Crippen molar-refractivity contribution in [3.8, 4) is 5.69 Å². The molecular formula is C20H15FN4O3S. The number of thioether (sulfide) groups is 1. The van der Waals surface area contributed by atoms with Crippen LogP contribution in [0, 0.1) is 5.82 Å². The molecule has 0 aliphatic carbocycles. The van der Waals surface area contributed by atoms with E-state index in [0.29, 0.717) is 22.1 Å². The van der Waals surface area contributed by atoms with Crippen molar-refractivity contribution in [2.45, 2.75) is 5.16 Å². The maximum Gasteiger partial charge on any atom is 0.261 e. The highest BCUT2D eigenvalue weighted by atomic mass is 32.2. The summed E-state index contributed by atoms with van der Waals surface area (Å²) in [4.78, 5) is 41.6. The van der Waals surface area contributed by atoms with Crippen LogP contribution in [-0.2, 0) is 4.79 Å². The van der Waals surface area contributed by atoms with Crippen LogP contribution in [0.5, 0.6) is 0 Å². The van der Waals surface area contributed by atoms with E-state index in [9.17, 15) is 18.8 Å². The van der Waals surface area contributed by atoms with Crippen molar-refractivity contribution in [1.29, 1.82) is 0 Å². The number of hydrogen-bond acceptors (Lipinski definition) is 5. The fourth-order valence-corrected chi connectivity index (χ4v) is 3.76. The second-order valence-electron chi connectivity index (χ2n) is 6.33. The Morgan fingerprint density at radius 1 is 1.14 bits per heavy atom. The molecule has 1 aliphatic rings. The third-order valence-electron chi connectivity index (χ3n) is 4.40. The molecule has 0 saturated heterocycles. The van der Waals surface area contributed by atoms with Gasteiger partial charge in [0.1, 0.15) is 5.82 Å². The zero-order valence-electron chi connectivity index (χ0n) is 15.3. The molecule has 4 rings (SSSR count). The van der Waals surface area contributed by atoms with Crippen LogP contribution in [0.3, 0.4) is 0 Å². The summed E-state index contributed by atoms with van der Waals surface area (Å²) >= 11 is 1.20. The van der Waals surface area contributed by atoms with Crippen LogP contribution < -0.4 is 5.32 Å². The number of nitrogens with one attached hydrogen (secondary N) is 1. The van der Waals surface area contributed by atoms with Gasteiger partial charge in [-0.15, -0.1) is 0 Å². The number of benzene rings is 2. The van der Waals surface area contributed by atoms with Gasteiger partial charge in [0.05, 0.1) is 22.6 Å². The van der Waals surface area contributed by atoms with E-state index in [1.807, 2.05) is 0 Å². The molecule has 0 fully saturated rings. The Hall–Kier alpha value is -3.46. The number of anilines is 1. The lowest BCUT2D eigenvalue weighted by Crippen LogP contribution is -2.24. The number of fused-ring (bicyclic) bond motifs is 1. The van der Waals surface area contributed by atoms with E-state index in [4.69, 9.17) is 0 Å². The van der Waals surface area contributed by atoms with Crippen molar-refractivity contribution in [3.63, 3.8) is 0 Å². The Balaban J connectivity index is 1.43. The van der Waals surface area contributed by atoms with E-state index in [-0.39, 0.29) is 28.9 Å². The van der Waals surface area contributed by atoms with Gasteiger partial charge >= 0.3 is 0 Å². The Morgan fingerprint density at radius 3 is 2.72 bits per heavy atom. The lowest BCUT2D eigenvalue weighted by Gasteiger charge is -2.08. The molecule has 0 saturated carbocycles. The quantitative estimate of drug-likeness (QED) is 0.516. The Bertz CT molecular complexity index is 1140. The minimum Gasteiger partial charge on any atom is -0.325 e. The number of amides is 3. The summed E-state index contributed by atoms with van der Waals surface area (Å²) in [6, 6.07) is 10.7. The molecule has 29 heavy (non-hydrogen) atoms. The first kappa shape index (κ1) is 18.9. The van der Waals surface area contributed by atoms with Gasteiger partial charge in [0.15, 0.2) is 5.16 Å². The van der Waals surface area contributed by atoms with Gasteiger partial charge in [-0.1, -0.05) is 17.8 Å². The highest BCUT2D eigenvalue weighted by Crippen LogP contribution is 2.25. The first-order valence-corrected chi connectivity index (χ1v) is 9.61. The van der Waals surface area contributed by atoms with Crippen molar-refractivity contribution < 1.29 is 18.8 Å². The summed E-state index contributed by atoms with van der Waals surface area (Å²) in [5.74, 6) is -1.35. The summed E-state index contributed by atoms with van der Waals surface area (Å²) in [5.41, 5.74) is 1.63. The van der Waals surface area contributed by atoms with Crippen molar-refractivity contribution in [2.75, 3.05) is 18.1 Å². The molecular weight excluding hydrogens is 395 g/mol. The second kappa shape index (κ2) is 7.51. The van der Waals surface area contributed by atoms with E-state index in [1.54, 1.807) is 35.2 Å². The summed E-state index contributed by atoms with van der Waals surface area (Å²) in [6.07, 6.45) is 3.26. The molecule has 0 bridgehead atoms. The third kappa shape index (κ3) is 3.64. The average molecular weight is 410 g/mol. The Kier molecular flexibility index (Phi) is 4.89. The summed E-state index contributed by atoms with van der Waals surface area (Å²) in [7, 11) is 1.42. The van der Waals surface area contributed by atoms with Crippen LogP contribution in [-0.4, -0.2) is 45.0 Å². The number of nitrogens with zero attached hydrogens (tertiary/aromatic N) is 3. The van der Waals surface area contributed by atoms with Crippen molar-refractivity contribution in [2.24, 2.45) is 0 Å². The predicted molar refractivity (Wildman–Crippen MR) is 106 cm³/mol. The average Bonchev–Trinajstić information content (AvgIpc) is 3.26. The molecule has 1 aromatic heterocycles. The van der Waals surface area contributed by atoms with Crippen LogP contribution in [0.2, 0.25) is 0 Å². The van der Waals surface area contributed by atoms with E-state index in [0.717, 1.165) is 4.90 Å². The smallest absolute Gasteiger partial charge is 0.261 e. The van der Waals surface area contributed by atoms with Gasteiger partial charge in [0.25, 0.3) is 11.8 Å². The summed E-state index contributed by atoms with van der Waals surface area (Å²) in [5, 5.41) is 3.26. The molecule has 0 unspecified atom stereocenters. The third-order valence-corrected chi connectivity index (χ3v) is 5.37. The van der Waals surface area contributed by atoms with Gasteiger partial charge in [-0.25, -0.2) is 9.37 Å². The maximum atomic E-state index is 13.5. The van der Waals surface area contributed by atoms with E-state index >= 15 is 0 Å². The molecule has 7 nitrogen and oxygen atoms in total. The molecule has 1 N–H and O–H groups in total. The van der Waals surface area contributed by atoms with Gasteiger partial charge in [0.2, 0.25) is 5.91 Å². The molecule has 0 atom stereocenters. The summed E-state index contributed by atoms with van der Waals surface area (Å²) < 4.78 is 15.2. The van der Waals surface area contributed by atoms with Gasteiger partial charge in [0, 0.05) is 25.1 Å². The fraction of sp³-hybridized carbons (Fsp3) is 0.100. The molecule has 3 aromatic rings. The number of halogens is 1. The van der Waals surface area contributed by atoms with Crippen molar-refractivity contribution in [1.82, 2.24) is 14.5 Å². The van der Waals surface area contributed by atoms with Crippen LogP contribution in [0.4, 0.5) is 10.1 Å². The van der Waals surface area contributed by atoms with Gasteiger partial charge in [-0.05, 0) is 36.4 Å². The van der Waals surface area contributed by atoms with Crippen LogP contribution in [0.15, 0.2) is 60.0 Å². The van der Waals surface area contributed by atoms with Crippen LogP contribution in [0.25, 0.3) is 5.69 Å². The molecule has 2 heterocycles. The zero-order valence-corrected chi connectivity index (χ0v) is 16.1. The lowest BCUT2D eigenvalue weighted by molar-refractivity contribution is -0.113. The predicted octanol–water partition coefficient (Wildman–Crippen LogP) is 2.97. The second-order valence-corrected chi connectivity index (χ2v) is 7.27. The Morgan fingerprint density at radius 2 is 1.93 bits per heavy atom.